The van der Waals surface area contributed by atoms with Crippen LogP contribution in [0.5, 0.6) is 11.5 Å². The van der Waals surface area contributed by atoms with Gasteiger partial charge in [-0.1, -0.05) is 12.1 Å². The minimum Gasteiger partial charge on any atom is -0.493 e. The fourth-order valence-corrected chi connectivity index (χ4v) is 5.58. The zero-order valence-corrected chi connectivity index (χ0v) is 20.7. The summed E-state index contributed by atoms with van der Waals surface area (Å²) in [5.41, 5.74) is 3.81. The number of methoxy groups -OCH3 is 2. The second-order valence-corrected chi connectivity index (χ2v) is 9.35. The summed E-state index contributed by atoms with van der Waals surface area (Å²) in [6.07, 6.45) is 3.92. The van der Waals surface area contributed by atoms with Crippen molar-refractivity contribution in [3.8, 4) is 11.5 Å². The zero-order valence-electron chi connectivity index (χ0n) is 19.9. The largest absolute Gasteiger partial charge is 0.493 e. The van der Waals surface area contributed by atoms with Crippen LogP contribution >= 0.6 is 11.3 Å². The van der Waals surface area contributed by atoms with Gasteiger partial charge < -0.3 is 14.3 Å². The molecule has 0 saturated heterocycles. The van der Waals surface area contributed by atoms with E-state index < -0.39 is 0 Å². The van der Waals surface area contributed by atoms with Gasteiger partial charge in [0.25, 0.3) is 0 Å². The van der Waals surface area contributed by atoms with Gasteiger partial charge in [-0.15, -0.1) is 16.4 Å². The smallest absolute Gasteiger partial charge is 0.192 e. The van der Waals surface area contributed by atoms with Gasteiger partial charge in [0.15, 0.2) is 29.6 Å². The van der Waals surface area contributed by atoms with Crippen LogP contribution in [0.1, 0.15) is 42.1 Å². The molecule has 3 aromatic heterocycles. The first-order chi connectivity index (χ1) is 16.6. The van der Waals surface area contributed by atoms with E-state index in [0.29, 0.717) is 17.3 Å². The van der Waals surface area contributed by atoms with E-state index in [-0.39, 0.29) is 6.61 Å². The van der Waals surface area contributed by atoms with Gasteiger partial charge in [0, 0.05) is 23.5 Å². The second-order valence-electron chi connectivity index (χ2n) is 8.27. The van der Waals surface area contributed by atoms with Crippen LogP contribution in [0.15, 0.2) is 29.7 Å². The molecule has 0 fully saturated rings. The second kappa shape index (κ2) is 9.55. The van der Waals surface area contributed by atoms with E-state index in [4.69, 9.17) is 19.3 Å². The summed E-state index contributed by atoms with van der Waals surface area (Å²) in [7, 11) is 3.22. The highest BCUT2D eigenvalue weighted by Gasteiger charge is 2.24. The lowest BCUT2D eigenvalue weighted by molar-refractivity contribution is 0.125. The first kappa shape index (κ1) is 22.5. The molecule has 0 aliphatic carbocycles. The maximum Gasteiger partial charge on any atom is 0.192 e. The summed E-state index contributed by atoms with van der Waals surface area (Å²) < 4.78 is 12.4. The van der Waals surface area contributed by atoms with E-state index in [9.17, 15) is 0 Å². The quantitative estimate of drug-likeness (QED) is 0.278. The molecule has 0 amide bonds. The lowest BCUT2D eigenvalue weighted by Gasteiger charge is -2.26. The molecule has 0 saturated carbocycles. The van der Waals surface area contributed by atoms with Crippen LogP contribution in [0, 0.1) is 0 Å². The molecule has 34 heavy (non-hydrogen) atoms. The fourth-order valence-electron chi connectivity index (χ4n) is 4.36. The Kier molecular flexibility index (Phi) is 6.34. The van der Waals surface area contributed by atoms with Crippen LogP contribution in [0.3, 0.4) is 0 Å². The highest BCUT2D eigenvalue weighted by molar-refractivity contribution is 7.19. The highest BCUT2D eigenvalue weighted by atomic mass is 32.1. The number of aromatic nitrogens is 4. The molecule has 10 heteroatoms. The molecule has 0 atom stereocenters. The molecule has 5 rings (SSSR count). The fraction of sp³-hybridized carbons (Fsp3) is 0.417. The minimum absolute atomic E-state index is 0.171. The summed E-state index contributed by atoms with van der Waals surface area (Å²) in [5, 5.41) is 9.94. The Hall–Kier alpha value is -3.24. The summed E-state index contributed by atoms with van der Waals surface area (Å²) in [6.45, 7) is 7.47. The molecular formula is C24H28N6O3S. The highest BCUT2D eigenvalue weighted by Crippen LogP contribution is 2.36. The molecular weight excluding hydrogens is 452 g/mol. The molecule has 4 heterocycles. The lowest BCUT2D eigenvalue weighted by Crippen LogP contribution is -2.30. The maximum absolute atomic E-state index is 5.60. The number of ether oxygens (including phenoxy) is 2. The monoisotopic (exact) mass is 480 g/mol. The van der Waals surface area contributed by atoms with Crippen molar-refractivity contribution in [1.29, 1.82) is 0 Å². The first-order valence-electron chi connectivity index (χ1n) is 11.4. The van der Waals surface area contributed by atoms with Crippen LogP contribution in [0.2, 0.25) is 0 Å². The Morgan fingerprint density at radius 2 is 2.06 bits per heavy atom. The van der Waals surface area contributed by atoms with Crippen molar-refractivity contribution < 1.29 is 14.3 Å². The third kappa shape index (κ3) is 4.19. The molecule has 178 valence electrons. The Bertz CT molecular complexity index is 1360. The Labute approximate surface area is 202 Å². The number of hydrogen-bond donors (Lipinski definition) is 0. The van der Waals surface area contributed by atoms with Gasteiger partial charge in [-0.3, -0.25) is 4.90 Å². The average molecular weight is 481 g/mol. The number of oxime groups is 1. The molecule has 0 spiro atoms. The van der Waals surface area contributed by atoms with Crippen molar-refractivity contribution >= 4 is 32.9 Å². The van der Waals surface area contributed by atoms with Crippen LogP contribution in [0.4, 0.5) is 0 Å². The predicted octanol–water partition coefficient (Wildman–Crippen LogP) is 4.07. The molecule has 1 aromatic carbocycles. The number of hydrogen-bond acceptors (Lipinski definition) is 9. The van der Waals surface area contributed by atoms with Gasteiger partial charge in [0.1, 0.15) is 11.2 Å². The van der Waals surface area contributed by atoms with E-state index in [0.717, 1.165) is 53.2 Å². The van der Waals surface area contributed by atoms with Gasteiger partial charge in [-0.05, 0) is 50.1 Å². The number of thiophene rings is 1. The minimum atomic E-state index is 0.171. The summed E-state index contributed by atoms with van der Waals surface area (Å²) in [4.78, 5) is 19.9. The first-order valence-corrected chi connectivity index (χ1v) is 12.2. The normalized spacial score (nSPS) is 14.5. The number of benzene rings is 1. The molecule has 1 aliphatic rings. The molecule has 4 aromatic rings. The van der Waals surface area contributed by atoms with Crippen molar-refractivity contribution in [1.82, 2.24) is 24.5 Å². The molecule has 0 unspecified atom stereocenters. The topological polar surface area (TPSA) is 86.4 Å². The summed E-state index contributed by atoms with van der Waals surface area (Å²) in [6, 6.07) is 5.63. The standard InChI is InChI=1S/C24H28N6O3S/c1-5-9-29-10-8-17-20(12-29)34-24-22(17)23-26-21(27-30(23)14-25-24)13-33-28-15(2)16-6-7-18(31-3)19(11-16)32-4/h6-7,11,14H,5,8-10,12-13H2,1-4H3/b28-15-. The van der Waals surface area contributed by atoms with Gasteiger partial charge in [0.05, 0.1) is 25.3 Å². The summed E-state index contributed by atoms with van der Waals surface area (Å²) in [5.74, 6) is 1.88. The van der Waals surface area contributed by atoms with E-state index in [1.54, 1.807) is 36.4 Å². The molecule has 0 radical (unpaired) electrons. The van der Waals surface area contributed by atoms with E-state index >= 15 is 0 Å². The van der Waals surface area contributed by atoms with Gasteiger partial charge in [-0.2, -0.15) is 0 Å². The number of rotatable bonds is 8. The van der Waals surface area contributed by atoms with Crippen molar-refractivity contribution in [2.45, 2.75) is 39.8 Å². The Balaban J connectivity index is 1.35. The Morgan fingerprint density at radius 1 is 1.21 bits per heavy atom. The molecule has 1 aliphatic heterocycles. The maximum atomic E-state index is 5.60. The zero-order chi connectivity index (χ0) is 23.7. The molecule has 9 nitrogen and oxygen atoms in total. The number of nitrogens with zero attached hydrogens (tertiary/aromatic N) is 6. The average Bonchev–Trinajstić information content (AvgIpc) is 3.43. The Morgan fingerprint density at radius 3 is 2.85 bits per heavy atom. The molecule has 0 N–H and O–H groups in total. The SMILES string of the molecule is CCCN1CCc2c(sc3ncn4nc(CO/N=C(/C)c5ccc(OC)c(OC)c5)nc4c23)C1. The van der Waals surface area contributed by atoms with E-state index in [1.165, 1.54) is 16.9 Å². The number of fused-ring (bicyclic) bond motifs is 5. The van der Waals surface area contributed by atoms with Crippen LogP contribution in [-0.2, 0) is 24.4 Å². The predicted molar refractivity (Wildman–Crippen MR) is 132 cm³/mol. The third-order valence-electron chi connectivity index (χ3n) is 6.04. The third-order valence-corrected chi connectivity index (χ3v) is 7.16. The van der Waals surface area contributed by atoms with Crippen molar-refractivity contribution in [3.05, 3.63) is 46.4 Å². The van der Waals surface area contributed by atoms with Crippen molar-refractivity contribution in [2.24, 2.45) is 5.16 Å². The van der Waals surface area contributed by atoms with Crippen molar-refractivity contribution in [2.75, 3.05) is 27.3 Å². The van der Waals surface area contributed by atoms with Gasteiger partial charge in [-0.25, -0.2) is 14.5 Å². The summed E-state index contributed by atoms with van der Waals surface area (Å²) >= 11 is 1.77. The molecule has 0 bridgehead atoms. The van der Waals surface area contributed by atoms with Crippen LogP contribution in [0.25, 0.3) is 15.9 Å². The van der Waals surface area contributed by atoms with E-state index in [2.05, 4.69) is 27.1 Å². The lowest BCUT2D eigenvalue weighted by atomic mass is 10.1. The van der Waals surface area contributed by atoms with E-state index in [1.807, 2.05) is 25.1 Å². The van der Waals surface area contributed by atoms with Gasteiger partial charge in [0.2, 0.25) is 0 Å². The van der Waals surface area contributed by atoms with Gasteiger partial charge >= 0.3 is 0 Å². The van der Waals surface area contributed by atoms with Crippen LogP contribution in [-0.4, -0.2) is 57.5 Å². The van der Waals surface area contributed by atoms with Crippen molar-refractivity contribution in [3.63, 3.8) is 0 Å². The van der Waals surface area contributed by atoms with Crippen LogP contribution < -0.4 is 9.47 Å².